The Hall–Kier alpha value is -3.39. The van der Waals surface area contributed by atoms with Crippen LogP contribution in [0.2, 0.25) is 0 Å². The molecule has 0 N–H and O–H groups in total. The van der Waals surface area contributed by atoms with E-state index in [1.807, 2.05) is 25.1 Å². The number of esters is 1. The molecule has 0 heterocycles. The number of rotatable bonds is 6. The van der Waals surface area contributed by atoms with Gasteiger partial charge in [0.05, 0.1) is 7.11 Å². The molecule has 0 fully saturated rings. The summed E-state index contributed by atoms with van der Waals surface area (Å²) in [6, 6.07) is 15.7. The molecule has 0 aliphatic heterocycles. The van der Waals surface area contributed by atoms with Gasteiger partial charge >= 0.3 is 5.97 Å². The molecule has 132 valence electrons. The highest BCUT2D eigenvalue weighted by atomic mass is 16.5. The molecule has 0 spiro atoms. The van der Waals surface area contributed by atoms with Crippen LogP contribution in [-0.4, -0.2) is 25.0 Å². The fraction of sp³-hybridized carbons (Fsp3) is 0.190. The molecule has 0 saturated carbocycles. The highest BCUT2D eigenvalue weighted by molar-refractivity contribution is 6.03. The third-order valence-electron chi connectivity index (χ3n) is 3.76. The zero-order chi connectivity index (χ0) is 19.1. The van der Waals surface area contributed by atoms with E-state index in [0.717, 1.165) is 5.56 Å². The topological polar surface area (TPSA) is 76.4 Å². The van der Waals surface area contributed by atoms with Gasteiger partial charge in [-0.25, -0.2) is 4.79 Å². The number of ketones is 1. The fourth-order valence-corrected chi connectivity index (χ4v) is 2.23. The minimum Gasteiger partial charge on any atom is -0.497 e. The van der Waals surface area contributed by atoms with E-state index >= 15 is 0 Å². The van der Waals surface area contributed by atoms with Gasteiger partial charge in [0.2, 0.25) is 5.78 Å². The lowest BCUT2D eigenvalue weighted by Crippen LogP contribution is -2.25. The molecule has 5 nitrogen and oxygen atoms in total. The minimum atomic E-state index is -1.01. The van der Waals surface area contributed by atoms with Crippen molar-refractivity contribution in [2.75, 3.05) is 7.11 Å². The van der Waals surface area contributed by atoms with Crippen LogP contribution in [-0.2, 0) is 9.53 Å². The summed E-state index contributed by atoms with van der Waals surface area (Å²) in [6.07, 6.45) is 0.428. The Kier molecular flexibility index (Phi) is 6.29. The van der Waals surface area contributed by atoms with Crippen LogP contribution in [0.15, 0.2) is 54.1 Å². The normalized spacial score (nSPS) is 12.0. The average Bonchev–Trinajstić information content (AvgIpc) is 2.66. The van der Waals surface area contributed by atoms with E-state index in [4.69, 9.17) is 9.47 Å². The van der Waals surface area contributed by atoms with E-state index in [1.54, 1.807) is 36.4 Å². The molecule has 2 aromatic rings. The molecule has 0 unspecified atom stereocenters. The maximum Gasteiger partial charge on any atom is 0.349 e. The van der Waals surface area contributed by atoms with Gasteiger partial charge in [-0.1, -0.05) is 29.8 Å². The molecule has 0 aliphatic rings. The van der Waals surface area contributed by atoms with Crippen molar-refractivity contribution in [3.05, 3.63) is 70.8 Å². The first-order valence-corrected chi connectivity index (χ1v) is 8.02. The molecule has 0 amide bonds. The predicted molar refractivity (Wildman–Crippen MR) is 97.6 cm³/mol. The molecule has 5 heteroatoms. The largest absolute Gasteiger partial charge is 0.497 e. The first kappa shape index (κ1) is 18.9. The predicted octanol–water partition coefficient (Wildman–Crippen LogP) is 3.73. The molecular weight excluding hydrogens is 330 g/mol. The number of nitriles is 1. The molecule has 0 aliphatic carbocycles. The van der Waals surface area contributed by atoms with E-state index in [2.05, 4.69) is 0 Å². The number of nitrogens with zero attached hydrogens (tertiary/aromatic N) is 1. The lowest BCUT2D eigenvalue weighted by Gasteiger charge is -2.12. The summed E-state index contributed by atoms with van der Waals surface area (Å²) < 4.78 is 10.2. The molecule has 2 aromatic carbocycles. The van der Waals surface area contributed by atoms with Gasteiger partial charge in [-0.15, -0.1) is 0 Å². The molecule has 26 heavy (non-hydrogen) atoms. The van der Waals surface area contributed by atoms with E-state index in [-0.39, 0.29) is 11.4 Å². The van der Waals surface area contributed by atoms with Crippen molar-refractivity contribution < 1.29 is 19.1 Å². The second-order valence-corrected chi connectivity index (χ2v) is 5.72. The van der Waals surface area contributed by atoms with Crippen LogP contribution in [0.1, 0.15) is 28.4 Å². The summed E-state index contributed by atoms with van der Waals surface area (Å²) >= 11 is 0. The Labute approximate surface area is 152 Å². The standard InChI is InChI=1S/C21H19NO4/c1-14-4-6-16(7-5-14)12-18(13-22)21(24)26-15(2)20(23)17-8-10-19(25-3)11-9-17/h4-12,15H,1-3H3/b18-12+/t15-/m1/s1. The van der Waals surface area contributed by atoms with Crippen molar-refractivity contribution in [3.63, 3.8) is 0 Å². The van der Waals surface area contributed by atoms with Crippen molar-refractivity contribution in [2.45, 2.75) is 20.0 Å². The van der Waals surface area contributed by atoms with E-state index in [9.17, 15) is 14.9 Å². The SMILES string of the molecule is COc1ccc(C(=O)[C@@H](C)OC(=O)/C(C#N)=C/c2ccc(C)cc2)cc1. The number of benzene rings is 2. The highest BCUT2D eigenvalue weighted by Gasteiger charge is 2.21. The lowest BCUT2D eigenvalue weighted by atomic mass is 10.1. The van der Waals surface area contributed by atoms with Gasteiger partial charge in [-0.05, 0) is 49.8 Å². The van der Waals surface area contributed by atoms with Crippen LogP contribution < -0.4 is 4.74 Å². The summed E-state index contributed by atoms with van der Waals surface area (Å²) in [7, 11) is 1.53. The molecule has 0 saturated heterocycles. The summed E-state index contributed by atoms with van der Waals surface area (Å²) in [5, 5.41) is 9.22. The Morgan fingerprint density at radius 3 is 2.23 bits per heavy atom. The van der Waals surface area contributed by atoms with E-state index < -0.39 is 12.1 Å². The van der Waals surface area contributed by atoms with E-state index in [0.29, 0.717) is 16.9 Å². The Balaban J connectivity index is 2.09. The maximum atomic E-state index is 12.4. The molecule has 1 atom stereocenters. The first-order valence-electron chi connectivity index (χ1n) is 8.02. The average molecular weight is 349 g/mol. The number of carbonyl (C=O) groups is 2. The minimum absolute atomic E-state index is 0.164. The van der Waals surface area contributed by atoms with Gasteiger partial charge in [0.25, 0.3) is 0 Å². The summed E-state index contributed by atoms with van der Waals surface area (Å²) in [5.74, 6) is -0.560. The third-order valence-corrected chi connectivity index (χ3v) is 3.76. The quantitative estimate of drug-likeness (QED) is 0.344. The van der Waals surface area contributed by atoms with Gasteiger partial charge in [0, 0.05) is 5.56 Å². The van der Waals surface area contributed by atoms with Crippen molar-refractivity contribution in [1.82, 2.24) is 0 Å². The lowest BCUT2D eigenvalue weighted by molar-refractivity contribution is -0.141. The molecule has 0 radical (unpaired) electrons. The monoisotopic (exact) mass is 349 g/mol. The summed E-state index contributed by atoms with van der Waals surface area (Å²) in [5.41, 5.74) is 2.01. The second kappa shape index (κ2) is 8.63. The Morgan fingerprint density at radius 1 is 1.08 bits per heavy atom. The van der Waals surface area contributed by atoms with Gasteiger partial charge in [-0.2, -0.15) is 5.26 Å². The zero-order valence-electron chi connectivity index (χ0n) is 14.9. The van der Waals surface area contributed by atoms with Crippen LogP contribution in [0, 0.1) is 18.3 Å². The third kappa shape index (κ3) is 4.81. The van der Waals surface area contributed by atoms with E-state index in [1.165, 1.54) is 20.1 Å². The maximum absolute atomic E-state index is 12.4. The Morgan fingerprint density at radius 2 is 1.69 bits per heavy atom. The first-order chi connectivity index (χ1) is 12.4. The number of ether oxygens (including phenoxy) is 2. The van der Waals surface area contributed by atoms with Gasteiger partial charge in [0.1, 0.15) is 17.4 Å². The number of Topliss-reactive ketones (excluding diaryl/α,β-unsaturated/α-hetero) is 1. The number of carbonyl (C=O) groups excluding carboxylic acids is 2. The second-order valence-electron chi connectivity index (χ2n) is 5.72. The smallest absolute Gasteiger partial charge is 0.349 e. The van der Waals surface area contributed by atoms with Crippen molar-refractivity contribution >= 4 is 17.8 Å². The fourth-order valence-electron chi connectivity index (χ4n) is 2.23. The molecule has 0 aromatic heterocycles. The van der Waals surface area contributed by atoms with Crippen LogP contribution in [0.25, 0.3) is 6.08 Å². The van der Waals surface area contributed by atoms with Crippen LogP contribution in [0.3, 0.4) is 0 Å². The van der Waals surface area contributed by atoms with Crippen LogP contribution >= 0.6 is 0 Å². The van der Waals surface area contributed by atoms with Gasteiger partial charge in [0.15, 0.2) is 6.10 Å². The molecular formula is C21H19NO4. The number of hydrogen-bond donors (Lipinski definition) is 0. The highest BCUT2D eigenvalue weighted by Crippen LogP contribution is 2.15. The molecule has 2 rings (SSSR count). The van der Waals surface area contributed by atoms with Crippen LogP contribution in [0.4, 0.5) is 0 Å². The zero-order valence-corrected chi connectivity index (χ0v) is 14.9. The number of methoxy groups -OCH3 is 1. The van der Waals surface area contributed by atoms with Crippen molar-refractivity contribution in [1.29, 1.82) is 5.26 Å². The van der Waals surface area contributed by atoms with Gasteiger partial charge < -0.3 is 9.47 Å². The summed E-state index contributed by atoms with van der Waals surface area (Å²) in [6.45, 7) is 3.42. The van der Waals surface area contributed by atoms with Crippen molar-refractivity contribution in [3.8, 4) is 11.8 Å². The Bertz CT molecular complexity index is 858. The number of hydrogen-bond acceptors (Lipinski definition) is 5. The van der Waals surface area contributed by atoms with Gasteiger partial charge in [-0.3, -0.25) is 4.79 Å². The molecule has 0 bridgehead atoms. The van der Waals surface area contributed by atoms with Crippen LogP contribution in [0.5, 0.6) is 5.75 Å². The number of aryl methyl sites for hydroxylation is 1. The van der Waals surface area contributed by atoms with Crippen molar-refractivity contribution in [2.24, 2.45) is 0 Å². The summed E-state index contributed by atoms with van der Waals surface area (Å²) in [4.78, 5) is 24.6.